The number of halogens is 1. The van der Waals surface area contributed by atoms with Gasteiger partial charge in [-0.2, -0.15) is 0 Å². The molecule has 0 aromatic heterocycles. The Bertz CT molecular complexity index is 677. The molecule has 5 nitrogen and oxygen atoms in total. The van der Waals surface area contributed by atoms with E-state index in [1.54, 1.807) is 21.6 Å². The number of carbonyl (C=O) groups is 2. The Hall–Kier alpha value is -1.60. The molecule has 0 radical (unpaired) electrons. The van der Waals surface area contributed by atoms with Crippen LogP contribution in [0.2, 0.25) is 0 Å². The molecule has 2 aliphatic heterocycles. The average Bonchev–Trinajstić information content (AvgIpc) is 3.14. The standard InChI is InChI=1S/C21H30FN3O2S/c1-15(2)21-25(20(27)16-6-8-17(22)9-7-16)18(14-28-21)19(26)23-10-13-24-11-4-3-5-12-24/h6-9,15,18,21H,3-5,10-14H2,1-2H3,(H,23,26)/p+1/t18-,21+/m1/s1. The number of quaternary nitrogens is 1. The summed E-state index contributed by atoms with van der Waals surface area (Å²) in [4.78, 5) is 29.2. The van der Waals surface area contributed by atoms with Gasteiger partial charge in [0, 0.05) is 11.3 Å². The second-order valence-electron chi connectivity index (χ2n) is 8.05. The number of nitrogens with zero attached hydrogens (tertiary/aromatic N) is 1. The number of piperidine rings is 1. The van der Waals surface area contributed by atoms with Gasteiger partial charge < -0.3 is 15.1 Å². The molecule has 1 aromatic carbocycles. The monoisotopic (exact) mass is 408 g/mol. The molecule has 0 unspecified atom stereocenters. The van der Waals surface area contributed by atoms with Gasteiger partial charge in [-0.1, -0.05) is 13.8 Å². The van der Waals surface area contributed by atoms with Gasteiger partial charge in [-0.25, -0.2) is 4.39 Å². The van der Waals surface area contributed by atoms with E-state index in [1.165, 1.54) is 56.6 Å². The molecule has 2 atom stereocenters. The number of benzene rings is 1. The molecule has 0 aliphatic carbocycles. The van der Waals surface area contributed by atoms with E-state index >= 15 is 0 Å². The number of carbonyl (C=O) groups excluding carboxylic acids is 2. The second-order valence-corrected chi connectivity index (χ2v) is 9.20. The molecule has 0 spiro atoms. The van der Waals surface area contributed by atoms with Crippen LogP contribution in [0.15, 0.2) is 24.3 Å². The molecule has 2 heterocycles. The van der Waals surface area contributed by atoms with E-state index in [0.717, 1.165) is 6.54 Å². The maximum Gasteiger partial charge on any atom is 0.255 e. The highest BCUT2D eigenvalue weighted by atomic mass is 32.2. The van der Waals surface area contributed by atoms with Crippen molar-refractivity contribution in [3.63, 3.8) is 0 Å². The first-order valence-corrected chi connectivity index (χ1v) is 11.3. The fourth-order valence-corrected chi connectivity index (χ4v) is 5.50. The molecule has 2 N–H and O–H groups in total. The third-order valence-electron chi connectivity index (χ3n) is 5.57. The van der Waals surface area contributed by atoms with Crippen LogP contribution in [0.3, 0.4) is 0 Å². The summed E-state index contributed by atoms with van der Waals surface area (Å²) in [5.41, 5.74) is 0.421. The number of nitrogens with one attached hydrogen (secondary N) is 2. The van der Waals surface area contributed by atoms with Crippen LogP contribution in [0.5, 0.6) is 0 Å². The minimum Gasteiger partial charge on any atom is -0.349 e. The number of thioether (sulfide) groups is 1. The van der Waals surface area contributed by atoms with E-state index < -0.39 is 6.04 Å². The first-order chi connectivity index (χ1) is 13.5. The van der Waals surface area contributed by atoms with E-state index in [-0.39, 0.29) is 28.9 Å². The number of hydrogen-bond donors (Lipinski definition) is 2. The fourth-order valence-electron chi connectivity index (χ4n) is 4.02. The third kappa shape index (κ3) is 5.06. The minimum atomic E-state index is -0.480. The Morgan fingerprint density at radius 2 is 1.89 bits per heavy atom. The predicted octanol–water partition coefficient (Wildman–Crippen LogP) is 1.55. The van der Waals surface area contributed by atoms with E-state index in [1.807, 2.05) is 0 Å². The summed E-state index contributed by atoms with van der Waals surface area (Å²) in [6.45, 7) is 8.05. The van der Waals surface area contributed by atoms with Gasteiger partial charge in [0.15, 0.2) is 0 Å². The van der Waals surface area contributed by atoms with Crippen LogP contribution in [-0.2, 0) is 4.79 Å². The maximum absolute atomic E-state index is 13.2. The third-order valence-corrected chi connectivity index (χ3v) is 7.19. The van der Waals surface area contributed by atoms with E-state index in [9.17, 15) is 14.0 Å². The Labute approximate surface area is 171 Å². The molecule has 2 aliphatic rings. The number of amides is 2. The van der Waals surface area contributed by atoms with E-state index in [0.29, 0.717) is 17.9 Å². The van der Waals surface area contributed by atoms with E-state index in [4.69, 9.17) is 0 Å². The van der Waals surface area contributed by atoms with Crippen molar-refractivity contribution in [1.82, 2.24) is 10.2 Å². The Balaban J connectivity index is 1.64. The van der Waals surface area contributed by atoms with E-state index in [2.05, 4.69) is 19.2 Å². The highest BCUT2D eigenvalue weighted by Crippen LogP contribution is 2.35. The molecule has 0 saturated carbocycles. The first-order valence-electron chi connectivity index (χ1n) is 10.3. The summed E-state index contributed by atoms with van der Waals surface area (Å²) in [6, 6.07) is 5.08. The molecule has 3 rings (SSSR count). The predicted molar refractivity (Wildman–Crippen MR) is 110 cm³/mol. The summed E-state index contributed by atoms with van der Waals surface area (Å²) in [6.07, 6.45) is 3.84. The number of hydrogen-bond acceptors (Lipinski definition) is 3. The van der Waals surface area contributed by atoms with Crippen LogP contribution < -0.4 is 10.2 Å². The topological polar surface area (TPSA) is 53.9 Å². The van der Waals surface area contributed by atoms with Crippen molar-refractivity contribution in [1.29, 1.82) is 0 Å². The smallest absolute Gasteiger partial charge is 0.255 e. The molecule has 2 saturated heterocycles. The lowest BCUT2D eigenvalue weighted by Crippen LogP contribution is -3.13. The van der Waals surface area contributed by atoms with Crippen molar-refractivity contribution < 1.29 is 18.9 Å². The highest BCUT2D eigenvalue weighted by molar-refractivity contribution is 8.00. The Morgan fingerprint density at radius 3 is 2.54 bits per heavy atom. The lowest BCUT2D eigenvalue weighted by atomic mass is 10.1. The van der Waals surface area contributed by atoms with Gasteiger partial charge in [-0.3, -0.25) is 9.59 Å². The van der Waals surface area contributed by atoms with Crippen LogP contribution in [-0.4, -0.2) is 60.1 Å². The first kappa shape index (κ1) is 21.1. The van der Waals surface area contributed by atoms with Gasteiger partial charge in [0.25, 0.3) is 5.91 Å². The summed E-state index contributed by atoms with van der Waals surface area (Å²) in [5.74, 6) is 0.165. The summed E-state index contributed by atoms with van der Waals surface area (Å²) < 4.78 is 13.2. The quantitative estimate of drug-likeness (QED) is 0.751. The van der Waals surface area contributed by atoms with Gasteiger partial charge in [0.2, 0.25) is 5.91 Å². The molecule has 1 aromatic rings. The number of likely N-dealkylation sites (tertiary alicyclic amines) is 1. The number of rotatable bonds is 6. The molecule has 0 bridgehead atoms. The van der Waals surface area contributed by atoms with Gasteiger partial charge in [-0.05, 0) is 49.4 Å². The van der Waals surface area contributed by atoms with Crippen molar-refractivity contribution in [2.75, 3.05) is 31.9 Å². The Morgan fingerprint density at radius 1 is 1.21 bits per heavy atom. The fraction of sp³-hybridized carbons (Fsp3) is 0.619. The van der Waals surface area contributed by atoms with Crippen LogP contribution in [0.25, 0.3) is 0 Å². The molecule has 28 heavy (non-hydrogen) atoms. The normalized spacial score (nSPS) is 23.2. The van der Waals surface area contributed by atoms with Crippen molar-refractivity contribution in [3.8, 4) is 0 Å². The largest absolute Gasteiger partial charge is 0.349 e. The molecule has 2 fully saturated rings. The van der Waals surface area contributed by atoms with Gasteiger partial charge >= 0.3 is 0 Å². The zero-order chi connectivity index (χ0) is 20.1. The molecule has 154 valence electrons. The summed E-state index contributed by atoms with van der Waals surface area (Å²) in [5, 5.41) is 3.00. The maximum atomic E-state index is 13.2. The van der Waals surface area contributed by atoms with Crippen LogP contribution in [0, 0.1) is 11.7 Å². The van der Waals surface area contributed by atoms with Crippen molar-refractivity contribution in [2.24, 2.45) is 5.92 Å². The summed E-state index contributed by atoms with van der Waals surface area (Å²) >= 11 is 1.65. The molecular weight excluding hydrogens is 377 g/mol. The molecule has 2 amide bonds. The van der Waals surface area contributed by atoms with Crippen LogP contribution in [0.1, 0.15) is 43.5 Å². The van der Waals surface area contributed by atoms with Gasteiger partial charge in [0.05, 0.1) is 31.6 Å². The van der Waals surface area contributed by atoms with Crippen LogP contribution >= 0.6 is 11.8 Å². The summed E-state index contributed by atoms with van der Waals surface area (Å²) in [7, 11) is 0. The van der Waals surface area contributed by atoms with Crippen molar-refractivity contribution in [2.45, 2.75) is 44.5 Å². The average molecular weight is 409 g/mol. The Kier molecular flexibility index (Phi) is 7.35. The lowest BCUT2D eigenvalue weighted by molar-refractivity contribution is -0.903. The van der Waals surface area contributed by atoms with Crippen molar-refractivity contribution in [3.05, 3.63) is 35.6 Å². The molecular formula is C21H31FN3O2S+. The zero-order valence-corrected chi connectivity index (χ0v) is 17.6. The lowest BCUT2D eigenvalue weighted by Gasteiger charge is -2.31. The highest BCUT2D eigenvalue weighted by Gasteiger charge is 2.43. The SMILES string of the molecule is CC(C)[C@@H]1SC[C@H](C(=O)NCC[NH+]2CCCCC2)N1C(=O)c1ccc(F)cc1. The van der Waals surface area contributed by atoms with Gasteiger partial charge in [-0.15, -0.1) is 11.8 Å². The van der Waals surface area contributed by atoms with Crippen LogP contribution in [0.4, 0.5) is 4.39 Å². The minimum absolute atomic E-state index is 0.0546. The van der Waals surface area contributed by atoms with Gasteiger partial charge in [0.1, 0.15) is 11.9 Å². The second kappa shape index (κ2) is 9.74. The molecule has 7 heteroatoms. The zero-order valence-electron chi connectivity index (χ0n) is 16.7. The van der Waals surface area contributed by atoms with Crippen molar-refractivity contribution >= 4 is 23.6 Å².